The molecule has 0 bridgehead atoms. The number of hydrogen-bond donors (Lipinski definition) is 1. The fraction of sp³-hybridized carbons (Fsp3) is 0.222. The van der Waals surface area contributed by atoms with Crippen LogP contribution >= 0.6 is 11.6 Å². The van der Waals surface area contributed by atoms with E-state index in [1.165, 1.54) is 0 Å². The first kappa shape index (κ1) is 16.5. The van der Waals surface area contributed by atoms with E-state index in [-0.39, 0.29) is 0 Å². The van der Waals surface area contributed by atoms with Gasteiger partial charge in [0.2, 0.25) is 5.96 Å². The third-order valence-electron chi connectivity index (χ3n) is 3.62. The summed E-state index contributed by atoms with van der Waals surface area (Å²) in [5.41, 5.74) is 7.78. The van der Waals surface area contributed by atoms with Crippen molar-refractivity contribution in [1.82, 2.24) is 4.90 Å². The summed E-state index contributed by atoms with van der Waals surface area (Å²) in [5.74, 6) is 1.00. The zero-order chi connectivity index (χ0) is 16.8. The average molecular weight is 343 g/mol. The molecule has 1 aliphatic heterocycles. The Morgan fingerprint density at radius 1 is 1.04 bits per heavy atom. The maximum absolute atomic E-state index is 6.17. The molecule has 2 aromatic rings. The largest absolute Gasteiger partial charge is 0.383 e. The number of benzene rings is 2. The van der Waals surface area contributed by atoms with Gasteiger partial charge in [0.1, 0.15) is 5.84 Å². The van der Waals surface area contributed by atoms with Crippen LogP contribution in [0.5, 0.6) is 0 Å². The molecule has 5 nitrogen and oxygen atoms in total. The summed E-state index contributed by atoms with van der Waals surface area (Å²) in [5, 5.41) is 0.637. The highest BCUT2D eigenvalue weighted by Gasteiger charge is 2.16. The van der Waals surface area contributed by atoms with Crippen LogP contribution in [0, 0.1) is 0 Å². The van der Waals surface area contributed by atoms with Crippen LogP contribution in [0.2, 0.25) is 5.02 Å². The SMILES string of the molecule is N/C(=N\C(=Nc1cccc(Cl)c1)N1CCOCC1)c1ccccc1. The van der Waals surface area contributed by atoms with Crippen LogP contribution in [-0.2, 0) is 4.74 Å². The van der Waals surface area contributed by atoms with Crippen molar-refractivity contribution in [2.75, 3.05) is 26.3 Å². The smallest absolute Gasteiger partial charge is 0.228 e. The van der Waals surface area contributed by atoms with Crippen molar-refractivity contribution in [3.05, 3.63) is 65.2 Å². The molecule has 6 heteroatoms. The van der Waals surface area contributed by atoms with Crippen LogP contribution in [0.4, 0.5) is 5.69 Å². The molecule has 0 atom stereocenters. The van der Waals surface area contributed by atoms with Gasteiger partial charge in [0.05, 0.1) is 18.9 Å². The van der Waals surface area contributed by atoms with Gasteiger partial charge in [-0.2, -0.15) is 4.99 Å². The van der Waals surface area contributed by atoms with Gasteiger partial charge >= 0.3 is 0 Å². The second kappa shape index (κ2) is 7.95. The minimum absolute atomic E-state index is 0.433. The highest BCUT2D eigenvalue weighted by Crippen LogP contribution is 2.19. The van der Waals surface area contributed by atoms with Gasteiger partial charge in [-0.1, -0.05) is 48.0 Å². The van der Waals surface area contributed by atoms with Crippen molar-refractivity contribution in [2.45, 2.75) is 0 Å². The molecule has 0 amide bonds. The van der Waals surface area contributed by atoms with E-state index in [1.54, 1.807) is 6.07 Å². The first-order valence-corrected chi connectivity index (χ1v) is 8.17. The van der Waals surface area contributed by atoms with Crippen LogP contribution in [0.25, 0.3) is 0 Å². The maximum atomic E-state index is 6.17. The summed E-state index contributed by atoms with van der Waals surface area (Å²) in [7, 11) is 0. The molecule has 24 heavy (non-hydrogen) atoms. The molecule has 0 spiro atoms. The minimum atomic E-state index is 0.433. The first-order chi connectivity index (χ1) is 11.7. The molecule has 2 aromatic carbocycles. The van der Waals surface area contributed by atoms with Crippen LogP contribution in [0.15, 0.2) is 64.6 Å². The molecule has 1 fully saturated rings. The predicted octanol–water partition coefficient (Wildman–Crippen LogP) is 3.07. The zero-order valence-corrected chi connectivity index (χ0v) is 14.0. The molecular weight excluding hydrogens is 324 g/mol. The average Bonchev–Trinajstić information content (AvgIpc) is 2.63. The van der Waals surface area contributed by atoms with E-state index in [1.807, 2.05) is 48.5 Å². The molecule has 124 valence electrons. The number of aliphatic imine (C=N–C) groups is 2. The standard InChI is InChI=1S/C18H19ClN4O/c19-15-7-4-8-16(13-15)21-18(23-9-11-24-12-10-23)22-17(20)14-5-2-1-3-6-14/h1-8,13H,9-12H2,(H2,20,21,22). The number of nitrogens with two attached hydrogens (primary N) is 1. The van der Waals surface area contributed by atoms with Crippen LogP contribution in [-0.4, -0.2) is 43.0 Å². The number of rotatable bonds is 2. The van der Waals surface area contributed by atoms with Crippen molar-refractivity contribution in [1.29, 1.82) is 0 Å². The normalized spacial score (nSPS) is 16.3. The number of halogens is 1. The Kier molecular flexibility index (Phi) is 5.46. The number of ether oxygens (including phenoxy) is 1. The third-order valence-corrected chi connectivity index (χ3v) is 3.86. The lowest BCUT2D eigenvalue weighted by molar-refractivity contribution is 0.0676. The molecule has 0 saturated carbocycles. The molecule has 0 unspecified atom stereocenters. The monoisotopic (exact) mass is 342 g/mol. The summed E-state index contributed by atoms with van der Waals surface area (Å²) < 4.78 is 5.41. The van der Waals surface area contributed by atoms with Crippen molar-refractivity contribution in [3.8, 4) is 0 Å². The second-order valence-electron chi connectivity index (χ2n) is 5.35. The van der Waals surface area contributed by atoms with Gasteiger partial charge in [-0.15, -0.1) is 0 Å². The van der Waals surface area contributed by atoms with Gasteiger partial charge in [0.25, 0.3) is 0 Å². The maximum Gasteiger partial charge on any atom is 0.228 e. The van der Waals surface area contributed by atoms with Gasteiger partial charge in [-0.25, -0.2) is 4.99 Å². The quantitative estimate of drug-likeness (QED) is 0.674. The van der Waals surface area contributed by atoms with Gasteiger partial charge in [-0.3, -0.25) is 0 Å². The van der Waals surface area contributed by atoms with Gasteiger partial charge in [0, 0.05) is 23.7 Å². The van der Waals surface area contributed by atoms with E-state index in [0.29, 0.717) is 30.0 Å². The Bertz CT molecular complexity index is 740. The summed E-state index contributed by atoms with van der Waals surface area (Å²) in [6.07, 6.45) is 0. The Hall–Kier alpha value is -2.37. The van der Waals surface area contributed by atoms with Crippen LogP contribution in [0.3, 0.4) is 0 Å². The number of guanidine groups is 1. The van der Waals surface area contributed by atoms with E-state index in [0.717, 1.165) is 24.3 Å². The van der Waals surface area contributed by atoms with E-state index in [9.17, 15) is 0 Å². The summed E-state index contributed by atoms with van der Waals surface area (Å²) >= 11 is 6.05. The Morgan fingerprint density at radius 3 is 2.50 bits per heavy atom. The number of nitrogens with zero attached hydrogens (tertiary/aromatic N) is 3. The molecule has 1 aliphatic rings. The highest BCUT2D eigenvalue weighted by molar-refractivity contribution is 6.30. The lowest BCUT2D eigenvalue weighted by Gasteiger charge is -2.27. The third kappa shape index (κ3) is 4.34. The fourth-order valence-electron chi connectivity index (χ4n) is 2.37. The highest BCUT2D eigenvalue weighted by atomic mass is 35.5. The number of amidine groups is 1. The Morgan fingerprint density at radius 2 is 1.79 bits per heavy atom. The minimum Gasteiger partial charge on any atom is -0.383 e. The van der Waals surface area contributed by atoms with Gasteiger partial charge in [-0.05, 0) is 18.2 Å². The van der Waals surface area contributed by atoms with E-state index >= 15 is 0 Å². The lowest BCUT2D eigenvalue weighted by atomic mass is 10.2. The molecule has 0 aliphatic carbocycles. The van der Waals surface area contributed by atoms with E-state index in [2.05, 4.69) is 14.9 Å². The summed E-state index contributed by atoms with van der Waals surface area (Å²) in [6.45, 7) is 2.75. The second-order valence-corrected chi connectivity index (χ2v) is 5.79. The molecule has 0 aromatic heterocycles. The zero-order valence-electron chi connectivity index (χ0n) is 13.2. The van der Waals surface area contributed by atoms with Gasteiger partial charge < -0.3 is 15.4 Å². The molecule has 3 rings (SSSR count). The van der Waals surface area contributed by atoms with Crippen LogP contribution in [0.1, 0.15) is 5.56 Å². The van der Waals surface area contributed by atoms with Crippen LogP contribution < -0.4 is 5.73 Å². The Labute approximate surface area is 146 Å². The number of hydrogen-bond acceptors (Lipinski definition) is 2. The molecule has 1 heterocycles. The number of morpholine rings is 1. The van der Waals surface area contributed by atoms with E-state index < -0.39 is 0 Å². The topological polar surface area (TPSA) is 63.2 Å². The predicted molar refractivity (Wildman–Crippen MR) is 98.1 cm³/mol. The summed E-state index contributed by atoms with van der Waals surface area (Å²) in [6, 6.07) is 17.0. The van der Waals surface area contributed by atoms with E-state index in [4.69, 9.17) is 22.1 Å². The Balaban J connectivity index is 1.95. The van der Waals surface area contributed by atoms with Gasteiger partial charge in [0.15, 0.2) is 0 Å². The van der Waals surface area contributed by atoms with Crippen molar-refractivity contribution in [3.63, 3.8) is 0 Å². The fourth-order valence-corrected chi connectivity index (χ4v) is 2.56. The first-order valence-electron chi connectivity index (χ1n) is 7.79. The summed E-state index contributed by atoms with van der Waals surface area (Å²) in [4.78, 5) is 11.3. The van der Waals surface area contributed by atoms with Crippen molar-refractivity contribution in [2.24, 2.45) is 15.7 Å². The molecule has 0 radical (unpaired) electrons. The van der Waals surface area contributed by atoms with Crippen molar-refractivity contribution < 1.29 is 4.74 Å². The molecule has 1 saturated heterocycles. The molecule has 2 N–H and O–H groups in total. The lowest BCUT2D eigenvalue weighted by Crippen LogP contribution is -2.40. The molecular formula is C18H19ClN4O. The van der Waals surface area contributed by atoms with Crippen molar-refractivity contribution >= 4 is 29.1 Å².